The predicted molar refractivity (Wildman–Crippen MR) is 190 cm³/mol. The molecule has 2 aromatic rings. The maximum Gasteiger partial charge on any atom is 0.339 e. The zero-order valence-electron chi connectivity index (χ0n) is 28.8. The first-order chi connectivity index (χ1) is 25.0. The number of carbonyl (C=O) groups is 6. The van der Waals surface area contributed by atoms with Crippen LogP contribution in [0.2, 0.25) is 0 Å². The maximum atomic E-state index is 13.1. The second kappa shape index (κ2) is 22.0. The van der Waals surface area contributed by atoms with E-state index in [0.717, 1.165) is 24.9 Å². The van der Waals surface area contributed by atoms with E-state index in [9.17, 15) is 47.4 Å². The number of carbonyl (C=O) groups excluding carboxylic acids is 6. The summed E-state index contributed by atoms with van der Waals surface area (Å²) in [5.41, 5.74) is 6.08. The van der Waals surface area contributed by atoms with Gasteiger partial charge in [-0.05, 0) is 55.2 Å². The summed E-state index contributed by atoms with van der Waals surface area (Å²) in [6.07, 6.45) is 4.12. The van der Waals surface area contributed by atoms with Crippen LogP contribution in [-0.2, 0) is 43.6 Å². The predicted octanol–water partition coefficient (Wildman–Crippen LogP) is -0.765. The monoisotopic (exact) mass is 782 g/mol. The molecule has 1 aromatic heterocycles. The molecule has 1 heterocycles. The van der Waals surface area contributed by atoms with E-state index in [0.29, 0.717) is 10.6 Å². The number of nitrogens with two attached hydrogens (primary N) is 1. The molecule has 0 radical (unpaired) electrons. The van der Waals surface area contributed by atoms with E-state index < -0.39 is 75.3 Å². The lowest BCUT2D eigenvalue weighted by Gasteiger charge is -2.19. The highest BCUT2D eigenvalue weighted by Crippen LogP contribution is 2.25. The van der Waals surface area contributed by atoms with Crippen molar-refractivity contribution in [2.24, 2.45) is 5.73 Å². The normalized spacial score (nSPS) is 12.9. The largest absolute Gasteiger partial charge is 0.504 e. The number of hydrogen-bond donors (Lipinski definition) is 8. The van der Waals surface area contributed by atoms with Crippen LogP contribution in [-0.4, -0.2) is 121 Å². The van der Waals surface area contributed by atoms with Crippen LogP contribution in [0, 0.1) is 0 Å². The van der Waals surface area contributed by atoms with Crippen molar-refractivity contribution >= 4 is 63.5 Å². The number of aromatic nitrogens is 1. The molecule has 3 unspecified atom stereocenters. The molecule has 9 N–H and O–H groups in total. The number of ether oxygens (including phenoxy) is 2. The second-order valence-corrected chi connectivity index (χ2v) is 13.7. The van der Waals surface area contributed by atoms with Crippen LogP contribution in [0.4, 0.5) is 0 Å². The Morgan fingerprint density at radius 1 is 0.925 bits per heavy atom. The molecule has 19 nitrogen and oxygen atoms in total. The van der Waals surface area contributed by atoms with Crippen LogP contribution in [0.25, 0.3) is 6.08 Å². The number of nitrogens with one attached hydrogen (secondary N) is 4. The lowest BCUT2D eigenvalue weighted by molar-refractivity contribution is -0.144. The third-order valence-corrected chi connectivity index (χ3v) is 8.85. The molecule has 2 rings (SSSR count). The van der Waals surface area contributed by atoms with Crippen molar-refractivity contribution < 1.29 is 61.4 Å². The van der Waals surface area contributed by atoms with E-state index in [4.69, 9.17) is 15.0 Å². The summed E-state index contributed by atoms with van der Waals surface area (Å²) in [5.74, 6) is -5.72. The molecule has 3 atom stereocenters. The number of pyridine rings is 1. The molecule has 0 spiro atoms. The van der Waals surface area contributed by atoms with Gasteiger partial charge >= 0.3 is 11.9 Å². The van der Waals surface area contributed by atoms with Crippen molar-refractivity contribution in [1.29, 1.82) is 0 Å². The van der Waals surface area contributed by atoms with Gasteiger partial charge in [0.2, 0.25) is 23.6 Å². The van der Waals surface area contributed by atoms with Crippen molar-refractivity contribution in [3.8, 4) is 11.5 Å². The number of esters is 2. The van der Waals surface area contributed by atoms with Crippen LogP contribution in [0.1, 0.15) is 41.6 Å². The van der Waals surface area contributed by atoms with Crippen molar-refractivity contribution in [2.75, 3.05) is 38.8 Å². The molecule has 0 aliphatic heterocycles. The number of phenolic OH excluding ortho intramolecular Hbond substituents is 2. The highest BCUT2D eigenvalue weighted by molar-refractivity contribution is 7.99. The average molecular weight is 783 g/mol. The lowest BCUT2D eigenvalue weighted by Crippen LogP contribution is -2.48. The Balaban J connectivity index is 1.97. The molecule has 0 fully saturated rings. The Labute approximate surface area is 309 Å². The minimum Gasteiger partial charge on any atom is -0.504 e. The molecule has 0 aliphatic carbocycles. The van der Waals surface area contributed by atoms with E-state index in [1.807, 2.05) is 0 Å². The molecule has 53 heavy (non-hydrogen) atoms. The Kier molecular flexibility index (Phi) is 18.2. The van der Waals surface area contributed by atoms with Gasteiger partial charge in [-0.3, -0.25) is 23.7 Å². The van der Waals surface area contributed by atoms with E-state index in [1.54, 1.807) is 6.07 Å². The van der Waals surface area contributed by atoms with Gasteiger partial charge in [0, 0.05) is 37.5 Å². The smallest absolute Gasteiger partial charge is 0.339 e. The quantitative estimate of drug-likeness (QED) is 0.0193. The molecule has 0 aliphatic rings. The van der Waals surface area contributed by atoms with Gasteiger partial charge in [0.05, 0.1) is 30.6 Å². The minimum atomic E-state index is -4.46. The fourth-order valence-electron chi connectivity index (χ4n) is 4.30. The topological polar surface area (TPSA) is 303 Å². The minimum absolute atomic E-state index is 0.0354. The van der Waals surface area contributed by atoms with Crippen LogP contribution in [0.5, 0.6) is 11.5 Å². The molecule has 1 aromatic carbocycles. The fraction of sp³-hybridized carbons (Fsp3) is 0.406. The number of rotatable bonds is 21. The summed E-state index contributed by atoms with van der Waals surface area (Å²) in [4.78, 5) is 78.6. The first-order valence-electron chi connectivity index (χ1n) is 15.8. The van der Waals surface area contributed by atoms with Gasteiger partial charge < -0.3 is 46.7 Å². The summed E-state index contributed by atoms with van der Waals surface area (Å²) >= 11 is 1.12. The van der Waals surface area contributed by atoms with Crippen molar-refractivity contribution in [3.05, 3.63) is 53.7 Å². The standard InChI is InChI=1S/C32H42N6O13S2/c1-50-31(45)20-8-11-28(36-16-20)52-17-23(32(46)51-2)38-27(42)12-14-35-30(44)22(5-3-4-13-34-29(43)21(33)18-53(47,48)49)37-26(41)10-7-19-6-9-24(39)25(40)15-19/h6-11,15-16,21-23,39-40H,3-5,12-14,17-18,33H2,1-2H3,(H,34,43)(H,35,44)(H,37,41)(H,38,42)(H,47,48,49)/b10-7+. The molecule has 0 bridgehead atoms. The SMILES string of the molecule is COC(=O)c1ccc(SCC(NC(=O)CCNC(=O)C(CCCCNC(=O)C(N)CS(=O)(=O)O)NC(=O)/C=C/c2ccc(O)c(O)c2)C(=O)OC)nc1. The third-order valence-electron chi connectivity index (χ3n) is 7.03. The number of unbranched alkanes of at least 4 members (excludes halogenated alkanes) is 1. The zero-order chi connectivity index (χ0) is 39.6. The van der Waals surface area contributed by atoms with Gasteiger partial charge in [-0.15, -0.1) is 11.8 Å². The molecular formula is C32H42N6O13S2. The highest BCUT2D eigenvalue weighted by atomic mass is 32.2. The van der Waals surface area contributed by atoms with E-state index in [-0.39, 0.29) is 55.8 Å². The summed E-state index contributed by atoms with van der Waals surface area (Å²) in [6, 6.07) is 3.24. The Bertz CT molecular complexity index is 1740. The first kappa shape index (κ1) is 43.9. The third kappa shape index (κ3) is 16.8. The lowest BCUT2D eigenvalue weighted by atomic mass is 10.1. The number of aromatic hydroxyl groups is 2. The van der Waals surface area contributed by atoms with Gasteiger partial charge in [-0.1, -0.05) is 6.07 Å². The van der Waals surface area contributed by atoms with Gasteiger partial charge in [0.15, 0.2) is 11.5 Å². The Morgan fingerprint density at radius 3 is 2.26 bits per heavy atom. The van der Waals surface area contributed by atoms with Gasteiger partial charge in [0.1, 0.15) is 18.1 Å². The molecule has 0 saturated heterocycles. The molecule has 4 amide bonds. The number of benzene rings is 1. The number of nitrogens with zero attached hydrogens (tertiary/aromatic N) is 1. The van der Waals surface area contributed by atoms with Gasteiger partial charge in [-0.2, -0.15) is 8.42 Å². The summed E-state index contributed by atoms with van der Waals surface area (Å²) in [6.45, 7) is -0.141. The summed E-state index contributed by atoms with van der Waals surface area (Å²) in [7, 11) is -2.08. The van der Waals surface area contributed by atoms with Crippen molar-refractivity contribution in [3.63, 3.8) is 0 Å². The molecule has 0 saturated carbocycles. The van der Waals surface area contributed by atoms with Crippen LogP contribution in [0.15, 0.2) is 47.6 Å². The van der Waals surface area contributed by atoms with Crippen molar-refractivity contribution in [2.45, 2.75) is 48.8 Å². The Morgan fingerprint density at radius 2 is 1.64 bits per heavy atom. The number of phenols is 2. The van der Waals surface area contributed by atoms with Gasteiger partial charge in [-0.25, -0.2) is 14.6 Å². The maximum absolute atomic E-state index is 13.1. The highest BCUT2D eigenvalue weighted by Gasteiger charge is 2.24. The number of thioether (sulfide) groups is 1. The van der Waals surface area contributed by atoms with Crippen LogP contribution < -0.4 is 27.0 Å². The summed E-state index contributed by atoms with van der Waals surface area (Å²) < 4.78 is 40.2. The summed E-state index contributed by atoms with van der Waals surface area (Å²) in [5, 5.41) is 29.7. The number of hydrogen-bond acceptors (Lipinski definition) is 15. The van der Waals surface area contributed by atoms with E-state index in [1.165, 1.54) is 43.6 Å². The number of methoxy groups -OCH3 is 2. The molecular weight excluding hydrogens is 741 g/mol. The van der Waals surface area contributed by atoms with E-state index >= 15 is 0 Å². The van der Waals surface area contributed by atoms with Crippen LogP contribution in [0.3, 0.4) is 0 Å². The van der Waals surface area contributed by atoms with Crippen molar-refractivity contribution in [1.82, 2.24) is 26.3 Å². The number of amides is 4. The second-order valence-electron chi connectivity index (χ2n) is 11.2. The Hall–Kier alpha value is -5.25. The van der Waals surface area contributed by atoms with Gasteiger partial charge in [0.25, 0.3) is 10.1 Å². The molecule has 290 valence electrons. The first-order valence-corrected chi connectivity index (χ1v) is 18.4. The zero-order valence-corrected chi connectivity index (χ0v) is 30.4. The fourth-order valence-corrected chi connectivity index (χ4v) is 5.75. The average Bonchev–Trinajstić information content (AvgIpc) is 3.11. The van der Waals surface area contributed by atoms with E-state index in [2.05, 4.69) is 31.0 Å². The van der Waals surface area contributed by atoms with Crippen LogP contribution >= 0.6 is 11.8 Å². The molecule has 21 heteroatoms.